The number of anilines is 1. The molecule has 0 bridgehead atoms. The van der Waals surface area contributed by atoms with Crippen molar-refractivity contribution in [3.8, 4) is 0 Å². The van der Waals surface area contributed by atoms with E-state index in [1.165, 1.54) is 6.07 Å². The van der Waals surface area contributed by atoms with E-state index in [1.54, 1.807) is 11.1 Å². The first-order valence-corrected chi connectivity index (χ1v) is 6.21. The van der Waals surface area contributed by atoms with Crippen LogP contribution < -0.4 is 4.90 Å². The van der Waals surface area contributed by atoms with E-state index in [4.69, 9.17) is 0 Å². The fourth-order valence-electron chi connectivity index (χ4n) is 2.18. The van der Waals surface area contributed by atoms with Crippen molar-refractivity contribution in [1.82, 2.24) is 4.98 Å². The molecule has 0 saturated carbocycles. The second kappa shape index (κ2) is 4.78. The molecule has 0 aromatic carbocycles. The summed E-state index contributed by atoms with van der Waals surface area (Å²) in [7, 11) is 0. The molecule has 0 amide bonds. The monoisotopic (exact) mass is 258 g/mol. The topological polar surface area (TPSA) is 16.1 Å². The molecule has 2 nitrogen and oxygen atoms in total. The summed E-state index contributed by atoms with van der Waals surface area (Å²) in [4.78, 5) is 5.78. The van der Waals surface area contributed by atoms with Gasteiger partial charge in [-0.3, -0.25) is 0 Å². The van der Waals surface area contributed by atoms with Crippen LogP contribution in [0, 0.1) is 0 Å². The van der Waals surface area contributed by atoms with Crippen molar-refractivity contribution < 1.29 is 13.2 Å². The summed E-state index contributed by atoms with van der Waals surface area (Å²) in [6.07, 6.45) is -0.904. The molecule has 2 heterocycles. The number of hydrogen-bond acceptors (Lipinski definition) is 2. The lowest BCUT2D eigenvalue weighted by atomic mass is 10.0. The molecular weight excluding hydrogens is 241 g/mol. The Morgan fingerprint density at radius 3 is 2.33 bits per heavy atom. The summed E-state index contributed by atoms with van der Waals surface area (Å²) in [6, 6.07) is 1.24. The Labute approximate surface area is 105 Å². The van der Waals surface area contributed by atoms with Crippen LogP contribution in [-0.2, 0) is 6.18 Å². The Hall–Kier alpha value is -1.26. The van der Waals surface area contributed by atoms with E-state index >= 15 is 0 Å². The minimum Gasteiger partial charge on any atom is -0.356 e. The molecule has 0 N–H and O–H groups in total. The standard InChI is InChI=1S/C13H17F3N2/c1-9(2)10-7-11(13(14,15)16)12(17-8-10)18-5-3-4-6-18/h7-9H,3-6H2,1-2H3. The van der Waals surface area contributed by atoms with Crippen LogP contribution >= 0.6 is 0 Å². The molecule has 0 aliphatic carbocycles. The fraction of sp³-hybridized carbons (Fsp3) is 0.615. The van der Waals surface area contributed by atoms with Crippen molar-refractivity contribution in [3.05, 3.63) is 23.4 Å². The van der Waals surface area contributed by atoms with Crippen molar-refractivity contribution >= 4 is 5.82 Å². The minimum absolute atomic E-state index is 0.0474. The van der Waals surface area contributed by atoms with Crippen LogP contribution in [0.25, 0.3) is 0 Å². The van der Waals surface area contributed by atoms with Gasteiger partial charge in [0.2, 0.25) is 0 Å². The zero-order valence-electron chi connectivity index (χ0n) is 10.6. The van der Waals surface area contributed by atoms with Crippen molar-refractivity contribution in [2.45, 2.75) is 38.8 Å². The zero-order chi connectivity index (χ0) is 13.3. The molecule has 1 saturated heterocycles. The molecule has 0 radical (unpaired) electrons. The van der Waals surface area contributed by atoms with Crippen LogP contribution in [0.2, 0.25) is 0 Å². The van der Waals surface area contributed by atoms with Crippen molar-refractivity contribution in [3.63, 3.8) is 0 Å². The Kier molecular flexibility index (Phi) is 3.50. The molecule has 5 heteroatoms. The molecular formula is C13H17F3N2. The van der Waals surface area contributed by atoms with Gasteiger partial charge < -0.3 is 4.90 Å². The molecule has 2 rings (SSSR count). The lowest BCUT2D eigenvalue weighted by Crippen LogP contribution is -2.23. The predicted molar refractivity (Wildman–Crippen MR) is 64.8 cm³/mol. The lowest BCUT2D eigenvalue weighted by Gasteiger charge is -2.22. The van der Waals surface area contributed by atoms with Crippen LogP contribution in [0.5, 0.6) is 0 Å². The predicted octanol–water partition coefficient (Wildman–Crippen LogP) is 3.82. The van der Waals surface area contributed by atoms with Crippen LogP contribution in [0.15, 0.2) is 12.3 Å². The van der Waals surface area contributed by atoms with E-state index in [1.807, 2.05) is 13.8 Å². The van der Waals surface area contributed by atoms with Gasteiger partial charge in [0.25, 0.3) is 0 Å². The van der Waals surface area contributed by atoms with E-state index in [0.717, 1.165) is 12.8 Å². The van der Waals surface area contributed by atoms with Gasteiger partial charge in [-0.15, -0.1) is 0 Å². The number of aromatic nitrogens is 1. The van der Waals surface area contributed by atoms with Gasteiger partial charge in [-0.1, -0.05) is 13.8 Å². The first kappa shape index (κ1) is 13.2. The normalized spacial score (nSPS) is 16.7. The average molecular weight is 258 g/mol. The first-order chi connectivity index (χ1) is 8.39. The lowest BCUT2D eigenvalue weighted by molar-refractivity contribution is -0.137. The summed E-state index contributed by atoms with van der Waals surface area (Å²) >= 11 is 0. The van der Waals surface area contributed by atoms with Gasteiger partial charge in [-0.25, -0.2) is 4.98 Å². The number of pyridine rings is 1. The summed E-state index contributed by atoms with van der Waals surface area (Å²) in [5, 5.41) is 0. The molecule has 1 aromatic rings. The van der Waals surface area contributed by atoms with Gasteiger partial charge in [-0.05, 0) is 30.4 Å². The maximum absolute atomic E-state index is 13.1. The second-order valence-electron chi connectivity index (χ2n) is 4.99. The fourth-order valence-corrected chi connectivity index (χ4v) is 2.18. The van der Waals surface area contributed by atoms with Crippen LogP contribution in [0.3, 0.4) is 0 Å². The third-order valence-corrected chi connectivity index (χ3v) is 3.27. The minimum atomic E-state index is -4.34. The third-order valence-electron chi connectivity index (χ3n) is 3.27. The Morgan fingerprint density at radius 2 is 1.83 bits per heavy atom. The van der Waals surface area contributed by atoms with Gasteiger partial charge in [0.1, 0.15) is 5.82 Å². The molecule has 1 aliphatic heterocycles. The van der Waals surface area contributed by atoms with Gasteiger partial charge in [0.15, 0.2) is 0 Å². The van der Waals surface area contributed by atoms with E-state index in [-0.39, 0.29) is 11.7 Å². The van der Waals surface area contributed by atoms with Crippen LogP contribution in [-0.4, -0.2) is 18.1 Å². The molecule has 1 fully saturated rings. The van der Waals surface area contributed by atoms with Crippen molar-refractivity contribution in [2.75, 3.05) is 18.0 Å². The summed E-state index contributed by atoms with van der Waals surface area (Å²) in [5.41, 5.74) is 0.0286. The van der Waals surface area contributed by atoms with Gasteiger partial charge in [-0.2, -0.15) is 13.2 Å². The summed E-state index contributed by atoms with van der Waals surface area (Å²) < 4.78 is 39.2. The SMILES string of the molecule is CC(C)c1cnc(N2CCCC2)c(C(F)(F)F)c1. The van der Waals surface area contributed by atoms with Crippen LogP contribution in [0.1, 0.15) is 43.7 Å². The third kappa shape index (κ3) is 2.60. The number of halogens is 3. The molecule has 1 aliphatic rings. The van der Waals surface area contributed by atoms with E-state index in [9.17, 15) is 13.2 Å². The highest BCUT2D eigenvalue weighted by molar-refractivity contribution is 5.50. The number of hydrogen-bond donors (Lipinski definition) is 0. The largest absolute Gasteiger partial charge is 0.419 e. The van der Waals surface area contributed by atoms with Gasteiger partial charge in [0.05, 0.1) is 5.56 Å². The Bertz CT molecular complexity index is 421. The molecule has 1 aromatic heterocycles. The maximum atomic E-state index is 13.1. The summed E-state index contributed by atoms with van der Waals surface area (Å²) in [5.74, 6) is 0.135. The maximum Gasteiger partial charge on any atom is 0.419 e. The number of alkyl halides is 3. The highest BCUT2D eigenvalue weighted by Crippen LogP contribution is 2.37. The van der Waals surface area contributed by atoms with Crippen LogP contribution in [0.4, 0.5) is 19.0 Å². The average Bonchev–Trinajstić information content (AvgIpc) is 2.80. The zero-order valence-corrected chi connectivity index (χ0v) is 10.6. The molecule has 0 spiro atoms. The second-order valence-corrected chi connectivity index (χ2v) is 4.99. The highest BCUT2D eigenvalue weighted by atomic mass is 19.4. The molecule has 100 valence electrons. The Balaban J connectivity index is 2.45. The number of rotatable bonds is 2. The summed E-state index contributed by atoms with van der Waals surface area (Å²) in [6.45, 7) is 5.06. The first-order valence-electron chi connectivity index (χ1n) is 6.21. The molecule has 0 atom stereocenters. The van der Waals surface area contributed by atoms with Gasteiger partial charge >= 0.3 is 6.18 Å². The molecule has 0 unspecified atom stereocenters. The van der Waals surface area contributed by atoms with Crippen molar-refractivity contribution in [2.24, 2.45) is 0 Å². The van der Waals surface area contributed by atoms with E-state index in [2.05, 4.69) is 4.98 Å². The quantitative estimate of drug-likeness (QED) is 0.801. The highest BCUT2D eigenvalue weighted by Gasteiger charge is 2.36. The smallest absolute Gasteiger partial charge is 0.356 e. The van der Waals surface area contributed by atoms with E-state index < -0.39 is 11.7 Å². The molecule has 18 heavy (non-hydrogen) atoms. The Morgan fingerprint density at radius 1 is 1.22 bits per heavy atom. The van der Waals surface area contributed by atoms with Crippen molar-refractivity contribution in [1.29, 1.82) is 0 Å². The number of nitrogens with zero attached hydrogens (tertiary/aromatic N) is 2. The van der Waals surface area contributed by atoms with E-state index in [0.29, 0.717) is 18.7 Å². The van der Waals surface area contributed by atoms with Gasteiger partial charge in [0, 0.05) is 19.3 Å².